The zero-order chi connectivity index (χ0) is 21.6. The lowest BCUT2D eigenvalue weighted by Gasteiger charge is -2.10. The third kappa shape index (κ3) is 5.60. The van der Waals surface area contributed by atoms with Crippen molar-refractivity contribution in [2.45, 2.75) is 6.18 Å². The fraction of sp³-hybridized carbons (Fsp3) is 0.0909. The number of aromatic carboxylic acids is 1. The molecule has 0 radical (unpaired) electrons. The van der Waals surface area contributed by atoms with Gasteiger partial charge >= 0.3 is 12.1 Å². The minimum absolute atomic E-state index is 0.0388. The Kier molecular flexibility index (Phi) is 6.36. The van der Waals surface area contributed by atoms with Gasteiger partial charge in [-0.15, -0.1) is 0 Å². The van der Waals surface area contributed by atoms with Gasteiger partial charge in [0.1, 0.15) is 35.1 Å². The van der Waals surface area contributed by atoms with Crippen LogP contribution in [0, 0.1) is 0 Å². The highest BCUT2D eigenvalue weighted by Crippen LogP contribution is 2.28. The summed E-state index contributed by atoms with van der Waals surface area (Å²) >= 11 is 0. The molecule has 2 aromatic carbocycles. The van der Waals surface area contributed by atoms with E-state index >= 15 is 0 Å². The number of benzene rings is 2. The van der Waals surface area contributed by atoms with E-state index in [1.807, 2.05) is 0 Å². The molecule has 0 aliphatic heterocycles. The first-order chi connectivity index (χ1) is 14.3. The summed E-state index contributed by atoms with van der Waals surface area (Å²) in [4.78, 5) is 14.6. The van der Waals surface area contributed by atoms with Crippen LogP contribution < -0.4 is 9.47 Å². The number of carboxylic acid groups (broad SMARTS) is 1. The molecule has 0 atom stereocenters. The van der Waals surface area contributed by atoms with Crippen molar-refractivity contribution >= 4 is 12.0 Å². The number of nitrogens with zero attached hydrogens (tertiary/aromatic N) is 1. The van der Waals surface area contributed by atoms with Gasteiger partial charge in [0.25, 0.3) is 0 Å². The molecule has 1 aromatic heterocycles. The van der Waals surface area contributed by atoms with E-state index in [1.54, 1.807) is 54.6 Å². The second-order valence-corrected chi connectivity index (χ2v) is 6.07. The summed E-state index contributed by atoms with van der Waals surface area (Å²) in [6, 6.07) is 15.2. The van der Waals surface area contributed by atoms with Crippen molar-refractivity contribution in [3.63, 3.8) is 0 Å². The molecule has 0 unspecified atom stereocenters. The van der Waals surface area contributed by atoms with Crippen LogP contribution in [0.15, 0.2) is 72.9 Å². The Bertz CT molecular complexity index is 1050. The minimum Gasteiger partial charge on any atom is -0.489 e. The van der Waals surface area contributed by atoms with Crippen LogP contribution in [0.25, 0.3) is 6.08 Å². The summed E-state index contributed by atoms with van der Waals surface area (Å²) in [5.41, 5.74) is -0.400. The van der Waals surface area contributed by atoms with E-state index in [0.717, 1.165) is 12.3 Å². The quantitative estimate of drug-likeness (QED) is 0.537. The predicted octanol–water partition coefficient (Wildman–Crippen LogP) is 5.68. The van der Waals surface area contributed by atoms with Gasteiger partial charge < -0.3 is 14.6 Å². The Labute approximate surface area is 170 Å². The van der Waals surface area contributed by atoms with Crippen LogP contribution in [0.1, 0.15) is 21.6 Å². The van der Waals surface area contributed by atoms with Crippen LogP contribution in [0.3, 0.4) is 0 Å². The molecule has 0 amide bonds. The first-order valence-electron chi connectivity index (χ1n) is 8.76. The number of halogens is 3. The Morgan fingerprint density at radius 1 is 1.03 bits per heavy atom. The van der Waals surface area contributed by atoms with Gasteiger partial charge in [0.2, 0.25) is 0 Å². The second kappa shape index (κ2) is 9.13. The number of carboxylic acids is 1. The Morgan fingerprint density at radius 3 is 2.50 bits per heavy atom. The molecule has 0 spiro atoms. The monoisotopic (exact) mass is 415 g/mol. The maximum Gasteiger partial charge on any atom is 0.433 e. The first kappa shape index (κ1) is 20.9. The zero-order valence-corrected chi connectivity index (χ0v) is 15.5. The number of ether oxygens (including phenoxy) is 2. The van der Waals surface area contributed by atoms with Gasteiger partial charge in [-0.25, -0.2) is 4.79 Å². The van der Waals surface area contributed by atoms with Crippen molar-refractivity contribution < 1.29 is 32.5 Å². The van der Waals surface area contributed by atoms with Crippen LogP contribution in [-0.4, -0.2) is 22.7 Å². The summed E-state index contributed by atoms with van der Waals surface area (Å²) in [5, 5.41) is 9.22. The smallest absolute Gasteiger partial charge is 0.433 e. The highest BCUT2D eigenvalue weighted by molar-refractivity contribution is 5.90. The molecular formula is C22H16F3NO4. The first-order valence-corrected chi connectivity index (χ1v) is 8.76. The zero-order valence-electron chi connectivity index (χ0n) is 15.5. The SMILES string of the molecule is O=C(O)c1ccccc1Oc1cccc(OC/C=C/c2ccc(C(F)(F)F)nc2)c1. The Balaban J connectivity index is 1.60. The van der Waals surface area contributed by atoms with Crippen molar-refractivity contribution in [2.24, 2.45) is 0 Å². The molecule has 0 fully saturated rings. The lowest BCUT2D eigenvalue weighted by Crippen LogP contribution is -2.07. The number of hydrogen-bond acceptors (Lipinski definition) is 4. The summed E-state index contributed by atoms with van der Waals surface area (Å²) in [7, 11) is 0. The molecule has 30 heavy (non-hydrogen) atoms. The molecule has 3 aromatic rings. The van der Waals surface area contributed by atoms with Crippen LogP contribution in [0.2, 0.25) is 0 Å². The topological polar surface area (TPSA) is 68.7 Å². The van der Waals surface area contributed by atoms with Crippen molar-refractivity contribution in [2.75, 3.05) is 6.61 Å². The summed E-state index contributed by atoms with van der Waals surface area (Å²) in [6.07, 6.45) is -0.106. The molecule has 1 heterocycles. The van der Waals surface area contributed by atoms with Crippen molar-refractivity contribution in [3.8, 4) is 17.2 Å². The maximum absolute atomic E-state index is 12.5. The number of rotatable bonds is 7. The van der Waals surface area contributed by atoms with Gasteiger partial charge in [-0.05, 0) is 42.0 Å². The number of para-hydroxylation sites is 1. The number of carbonyl (C=O) groups is 1. The summed E-state index contributed by atoms with van der Waals surface area (Å²) < 4.78 is 48.7. The van der Waals surface area contributed by atoms with Gasteiger partial charge in [0.15, 0.2) is 0 Å². The number of hydrogen-bond donors (Lipinski definition) is 1. The molecule has 0 bridgehead atoms. The molecule has 0 saturated carbocycles. The van der Waals surface area contributed by atoms with E-state index in [1.165, 1.54) is 12.1 Å². The number of aromatic nitrogens is 1. The van der Waals surface area contributed by atoms with Gasteiger partial charge in [0.05, 0.1) is 0 Å². The Hall–Kier alpha value is -3.81. The normalized spacial score (nSPS) is 11.4. The largest absolute Gasteiger partial charge is 0.489 e. The molecule has 3 rings (SSSR count). The van der Waals surface area contributed by atoms with E-state index in [9.17, 15) is 23.1 Å². The third-order valence-electron chi connectivity index (χ3n) is 3.88. The van der Waals surface area contributed by atoms with Gasteiger partial charge in [-0.2, -0.15) is 13.2 Å². The molecule has 5 nitrogen and oxygen atoms in total. The maximum atomic E-state index is 12.5. The molecular weight excluding hydrogens is 399 g/mol. The minimum atomic E-state index is -4.47. The lowest BCUT2D eigenvalue weighted by molar-refractivity contribution is -0.141. The van der Waals surface area contributed by atoms with E-state index in [0.29, 0.717) is 17.1 Å². The third-order valence-corrected chi connectivity index (χ3v) is 3.88. The van der Waals surface area contributed by atoms with E-state index in [2.05, 4.69) is 4.98 Å². The fourth-order valence-electron chi connectivity index (χ4n) is 2.49. The second-order valence-electron chi connectivity index (χ2n) is 6.07. The predicted molar refractivity (Wildman–Crippen MR) is 104 cm³/mol. The molecule has 0 aliphatic carbocycles. The highest BCUT2D eigenvalue weighted by Gasteiger charge is 2.31. The molecule has 154 valence electrons. The molecule has 0 aliphatic rings. The molecule has 0 saturated heterocycles. The summed E-state index contributed by atoms with van der Waals surface area (Å²) in [6.45, 7) is 0.163. The van der Waals surface area contributed by atoms with Crippen LogP contribution in [0.5, 0.6) is 17.2 Å². The number of pyridine rings is 1. The van der Waals surface area contributed by atoms with Crippen LogP contribution in [-0.2, 0) is 6.18 Å². The summed E-state index contributed by atoms with van der Waals surface area (Å²) in [5.74, 6) is -0.00892. The van der Waals surface area contributed by atoms with Crippen LogP contribution >= 0.6 is 0 Å². The lowest BCUT2D eigenvalue weighted by atomic mass is 10.2. The highest BCUT2D eigenvalue weighted by atomic mass is 19.4. The fourth-order valence-corrected chi connectivity index (χ4v) is 2.49. The average Bonchev–Trinajstić information content (AvgIpc) is 2.71. The molecule has 8 heteroatoms. The van der Waals surface area contributed by atoms with Crippen molar-refractivity contribution in [1.82, 2.24) is 4.98 Å². The van der Waals surface area contributed by atoms with E-state index in [-0.39, 0.29) is 17.9 Å². The Morgan fingerprint density at radius 2 is 1.80 bits per heavy atom. The van der Waals surface area contributed by atoms with Gasteiger partial charge in [-0.1, -0.05) is 30.3 Å². The van der Waals surface area contributed by atoms with Crippen molar-refractivity contribution in [3.05, 3.63) is 89.8 Å². The number of alkyl halides is 3. The van der Waals surface area contributed by atoms with Crippen LogP contribution in [0.4, 0.5) is 13.2 Å². The van der Waals surface area contributed by atoms with E-state index < -0.39 is 17.8 Å². The molecule has 1 N–H and O–H groups in total. The van der Waals surface area contributed by atoms with Gasteiger partial charge in [-0.3, -0.25) is 4.98 Å². The van der Waals surface area contributed by atoms with Gasteiger partial charge in [0, 0.05) is 12.3 Å². The average molecular weight is 415 g/mol. The van der Waals surface area contributed by atoms with Crippen molar-refractivity contribution in [1.29, 1.82) is 0 Å². The standard InChI is InChI=1S/C22H16F3NO4/c23-22(24,25)20-11-10-15(14-26-20)5-4-12-29-16-6-3-7-17(13-16)30-19-9-2-1-8-18(19)21(27)28/h1-11,13-14H,12H2,(H,27,28)/b5-4+. The van der Waals surface area contributed by atoms with E-state index in [4.69, 9.17) is 9.47 Å².